The van der Waals surface area contributed by atoms with Crippen molar-refractivity contribution in [1.29, 1.82) is 0 Å². The smallest absolute Gasteiger partial charge is 0.148 e. The first kappa shape index (κ1) is 15.9. The summed E-state index contributed by atoms with van der Waals surface area (Å²) < 4.78 is 5.18. The second kappa shape index (κ2) is 5.91. The zero-order chi connectivity index (χ0) is 16.6. The summed E-state index contributed by atoms with van der Waals surface area (Å²) in [6.07, 6.45) is 2.31. The van der Waals surface area contributed by atoms with Crippen molar-refractivity contribution in [2.75, 3.05) is 7.11 Å². The zero-order valence-electron chi connectivity index (χ0n) is 13.6. The summed E-state index contributed by atoms with van der Waals surface area (Å²) in [5.74, 6) is 0.130. The van der Waals surface area contributed by atoms with Gasteiger partial charge in [0.1, 0.15) is 23.1 Å². The molecule has 2 aliphatic rings. The number of hydrogen-bond acceptors (Lipinski definition) is 4. The second-order valence-electron chi connectivity index (χ2n) is 6.92. The van der Waals surface area contributed by atoms with Crippen LogP contribution in [0.2, 0.25) is 0 Å². The molecule has 2 unspecified atom stereocenters. The quantitative estimate of drug-likeness (QED) is 0.802. The van der Waals surface area contributed by atoms with Crippen LogP contribution in [0.4, 0.5) is 0 Å². The van der Waals surface area contributed by atoms with Gasteiger partial charge in [0.15, 0.2) is 0 Å². The molecule has 122 valence electrons. The SMILES string of the molecule is COc1cccc(CC(=O)C2C(=O)CCC3(C)C(=O)CC[C@@H]23)c1. The normalized spacial score (nSPS) is 30.2. The van der Waals surface area contributed by atoms with Gasteiger partial charge >= 0.3 is 0 Å². The molecule has 0 aliphatic heterocycles. The van der Waals surface area contributed by atoms with Crippen molar-refractivity contribution < 1.29 is 19.1 Å². The molecular formula is C19H22O4. The number of rotatable bonds is 4. The lowest BCUT2D eigenvalue weighted by atomic mass is 9.62. The fourth-order valence-corrected chi connectivity index (χ4v) is 4.22. The van der Waals surface area contributed by atoms with Crippen molar-refractivity contribution in [1.82, 2.24) is 0 Å². The van der Waals surface area contributed by atoms with Gasteiger partial charge in [0.2, 0.25) is 0 Å². The van der Waals surface area contributed by atoms with E-state index in [-0.39, 0.29) is 29.7 Å². The molecule has 2 aliphatic carbocycles. The first-order chi connectivity index (χ1) is 11.0. The minimum Gasteiger partial charge on any atom is -0.497 e. The standard InChI is InChI=1S/C19H22O4/c1-19-9-8-15(20)18(14(19)6-7-17(19)22)16(21)11-12-4-3-5-13(10-12)23-2/h3-5,10,14,18H,6-9,11H2,1-2H3/t14-,18?,19?/m0/s1. The van der Waals surface area contributed by atoms with Gasteiger partial charge < -0.3 is 4.74 Å². The first-order valence-electron chi connectivity index (χ1n) is 8.17. The van der Waals surface area contributed by atoms with E-state index in [1.54, 1.807) is 7.11 Å². The number of carbonyl (C=O) groups excluding carboxylic acids is 3. The van der Waals surface area contributed by atoms with Crippen LogP contribution < -0.4 is 4.74 Å². The van der Waals surface area contributed by atoms with Gasteiger partial charge in [0, 0.05) is 24.7 Å². The van der Waals surface area contributed by atoms with Crippen LogP contribution in [-0.2, 0) is 20.8 Å². The molecule has 1 aromatic rings. The van der Waals surface area contributed by atoms with Gasteiger partial charge in [-0.15, -0.1) is 0 Å². The molecule has 0 aromatic heterocycles. The van der Waals surface area contributed by atoms with Crippen LogP contribution in [0.25, 0.3) is 0 Å². The van der Waals surface area contributed by atoms with Gasteiger partial charge in [-0.1, -0.05) is 19.1 Å². The number of Topliss-reactive ketones (excluding diaryl/α,β-unsaturated/α-hetero) is 3. The maximum Gasteiger partial charge on any atom is 0.148 e. The van der Waals surface area contributed by atoms with E-state index in [0.29, 0.717) is 31.4 Å². The third-order valence-corrected chi connectivity index (χ3v) is 5.64. The highest BCUT2D eigenvalue weighted by Gasteiger charge is 2.55. The fourth-order valence-electron chi connectivity index (χ4n) is 4.22. The van der Waals surface area contributed by atoms with Gasteiger partial charge in [0.25, 0.3) is 0 Å². The van der Waals surface area contributed by atoms with E-state index in [1.165, 1.54) is 0 Å². The summed E-state index contributed by atoms with van der Waals surface area (Å²) in [5, 5.41) is 0. The van der Waals surface area contributed by atoms with Crippen LogP contribution in [0.5, 0.6) is 5.75 Å². The molecular weight excluding hydrogens is 292 g/mol. The summed E-state index contributed by atoms with van der Waals surface area (Å²) in [7, 11) is 1.58. The van der Waals surface area contributed by atoms with Gasteiger partial charge in [0.05, 0.1) is 13.0 Å². The van der Waals surface area contributed by atoms with Crippen molar-refractivity contribution in [3.8, 4) is 5.75 Å². The molecule has 0 saturated heterocycles. The monoisotopic (exact) mass is 314 g/mol. The average Bonchev–Trinajstić information content (AvgIpc) is 2.83. The van der Waals surface area contributed by atoms with E-state index in [2.05, 4.69) is 0 Å². The lowest BCUT2D eigenvalue weighted by Crippen LogP contribution is -2.45. The van der Waals surface area contributed by atoms with Gasteiger partial charge in [-0.3, -0.25) is 14.4 Å². The predicted molar refractivity (Wildman–Crippen MR) is 85.3 cm³/mol. The Balaban J connectivity index is 1.82. The van der Waals surface area contributed by atoms with Crippen molar-refractivity contribution in [3.05, 3.63) is 29.8 Å². The molecule has 0 heterocycles. The molecule has 1 aromatic carbocycles. The van der Waals surface area contributed by atoms with Gasteiger partial charge in [-0.05, 0) is 36.5 Å². The van der Waals surface area contributed by atoms with E-state index in [9.17, 15) is 14.4 Å². The van der Waals surface area contributed by atoms with E-state index >= 15 is 0 Å². The highest BCUT2D eigenvalue weighted by molar-refractivity contribution is 6.06. The fraction of sp³-hybridized carbons (Fsp3) is 0.526. The number of ketones is 3. The Labute approximate surface area is 136 Å². The molecule has 4 nitrogen and oxygen atoms in total. The first-order valence-corrected chi connectivity index (χ1v) is 8.17. The Morgan fingerprint density at radius 1 is 1.30 bits per heavy atom. The third-order valence-electron chi connectivity index (χ3n) is 5.64. The van der Waals surface area contributed by atoms with Crippen molar-refractivity contribution >= 4 is 17.3 Å². The minimum atomic E-state index is -0.619. The second-order valence-corrected chi connectivity index (χ2v) is 6.92. The zero-order valence-corrected chi connectivity index (χ0v) is 13.6. The highest BCUT2D eigenvalue weighted by atomic mass is 16.5. The number of carbonyl (C=O) groups is 3. The maximum absolute atomic E-state index is 12.8. The number of fused-ring (bicyclic) bond motifs is 1. The Bertz CT molecular complexity index is 663. The molecule has 3 atom stereocenters. The van der Waals surface area contributed by atoms with E-state index in [1.807, 2.05) is 31.2 Å². The molecule has 4 heteroatoms. The Morgan fingerprint density at radius 3 is 2.83 bits per heavy atom. The van der Waals surface area contributed by atoms with Crippen LogP contribution in [0, 0.1) is 17.3 Å². The Morgan fingerprint density at radius 2 is 2.09 bits per heavy atom. The highest BCUT2D eigenvalue weighted by Crippen LogP contribution is 2.51. The van der Waals surface area contributed by atoms with Crippen molar-refractivity contribution in [3.63, 3.8) is 0 Å². The molecule has 0 radical (unpaired) electrons. The van der Waals surface area contributed by atoms with E-state index in [4.69, 9.17) is 4.74 Å². The number of methoxy groups -OCH3 is 1. The Kier molecular flexibility index (Phi) is 4.09. The van der Waals surface area contributed by atoms with Crippen LogP contribution in [0.3, 0.4) is 0 Å². The molecule has 0 N–H and O–H groups in total. The largest absolute Gasteiger partial charge is 0.497 e. The molecule has 2 fully saturated rings. The molecule has 0 spiro atoms. The topological polar surface area (TPSA) is 60.4 Å². The molecule has 23 heavy (non-hydrogen) atoms. The molecule has 3 rings (SSSR count). The van der Waals surface area contributed by atoms with Crippen LogP contribution in [0.1, 0.15) is 38.2 Å². The average molecular weight is 314 g/mol. The maximum atomic E-state index is 12.8. The van der Waals surface area contributed by atoms with Gasteiger partial charge in [-0.25, -0.2) is 0 Å². The lowest BCUT2D eigenvalue weighted by molar-refractivity contribution is -0.143. The number of benzene rings is 1. The lowest BCUT2D eigenvalue weighted by Gasteiger charge is -2.38. The van der Waals surface area contributed by atoms with Crippen LogP contribution >= 0.6 is 0 Å². The van der Waals surface area contributed by atoms with Gasteiger partial charge in [-0.2, -0.15) is 0 Å². The third kappa shape index (κ3) is 2.71. The summed E-state index contributed by atoms with van der Waals surface area (Å²) in [6, 6.07) is 7.36. The summed E-state index contributed by atoms with van der Waals surface area (Å²) in [6.45, 7) is 1.94. The molecule has 0 amide bonds. The van der Waals surface area contributed by atoms with Crippen molar-refractivity contribution in [2.45, 2.75) is 39.0 Å². The summed E-state index contributed by atoms with van der Waals surface area (Å²) in [5.41, 5.74) is 0.363. The summed E-state index contributed by atoms with van der Waals surface area (Å²) in [4.78, 5) is 37.4. The van der Waals surface area contributed by atoms with E-state index < -0.39 is 11.3 Å². The predicted octanol–water partition coefficient (Wildman–Crippen LogP) is 2.77. The van der Waals surface area contributed by atoms with E-state index in [0.717, 1.165) is 5.56 Å². The molecule has 2 saturated carbocycles. The summed E-state index contributed by atoms with van der Waals surface area (Å²) >= 11 is 0. The Hall–Kier alpha value is -1.97. The van der Waals surface area contributed by atoms with Crippen LogP contribution in [-0.4, -0.2) is 24.5 Å². The number of hydrogen-bond donors (Lipinski definition) is 0. The van der Waals surface area contributed by atoms with Crippen molar-refractivity contribution in [2.24, 2.45) is 17.3 Å². The minimum absolute atomic E-state index is 0.00933. The number of ether oxygens (including phenoxy) is 1. The molecule has 0 bridgehead atoms. The van der Waals surface area contributed by atoms with Crippen LogP contribution in [0.15, 0.2) is 24.3 Å².